The van der Waals surface area contributed by atoms with Gasteiger partial charge >= 0.3 is 6.09 Å². The molecule has 25 heavy (non-hydrogen) atoms. The highest BCUT2D eigenvalue weighted by Gasteiger charge is 2.25. The van der Waals surface area contributed by atoms with Crippen LogP contribution in [0.1, 0.15) is 58.6 Å². The predicted octanol–water partition coefficient (Wildman–Crippen LogP) is 2.92. The van der Waals surface area contributed by atoms with Crippen molar-refractivity contribution in [2.45, 2.75) is 64.6 Å². The molecule has 6 heteroatoms. The van der Waals surface area contributed by atoms with Gasteiger partial charge in [-0.05, 0) is 32.8 Å². The number of benzene rings is 1. The van der Waals surface area contributed by atoms with Crippen molar-refractivity contribution in [2.24, 2.45) is 0 Å². The van der Waals surface area contributed by atoms with E-state index in [1.807, 2.05) is 37.3 Å². The van der Waals surface area contributed by atoms with Crippen LogP contribution < -0.4 is 10.6 Å². The lowest BCUT2D eigenvalue weighted by molar-refractivity contribution is -0.124. The molecule has 1 aromatic carbocycles. The first-order chi connectivity index (χ1) is 11.8. The second-order valence-electron chi connectivity index (χ2n) is 7.00. The van der Waals surface area contributed by atoms with Crippen LogP contribution in [0.3, 0.4) is 0 Å². The average Bonchev–Trinajstić information content (AvgIpc) is 2.55. The molecule has 2 atom stereocenters. The first-order valence-electron chi connectivity index (χ1n) is 8.72. The molecule has 0 radical (unpaired) electrons. The summed E-state index contributed by atoms with van der Waals surface area (Å²) in [7, 11) is 0. The maximum atomic E-state index is 12.6. The summed E-state index contributed by atoms with van der Waals surface area (Å²) in [6, 6.07) is 8.02. The van der Waals surface area contributed by atoms with Gasteiger partial charge in [0.15, 0.2) is 0 Å². The van der Waals surface area contributed by atoms with E-state index in [4.69, 9.17) is 4.74 Å². The first kappa shape index (κ1) is 21.0. The van der Waals surface area contributed by atoms with Crippen LogP contribution in [0.25, 0.3) is 0 Å². The molecule has 0 spiro atoms. The molecule has 0 heterocycles. The highest BCUT2D eigenvalue weighted by atomic mass is 16.6. The fraction of sp³-hybridized carbons (Fsp3) is 0.579. The van der Waals surface area contributed by atoms with Crippen molar-refractivity contribution in [3.05, 3.63) is 35.9 Å². The number of rotatable bonds is 8. The number of unbranched alkanes of at least 4 members (excludes halogenated alkanes) is 1. The quantitative estimate of drug-likeness (QED) is 0.673. The van der Waals surface area contributed by atoms with E-state index in [1.165, 1.54) is 0 Å². The van der Waals surface area contributed by atoms with Crippen LogP contribution in [0.5, 0.6) is 0 Å². The zero-order chi connectivity index (χ0) is 18.9. The van der Waals surface area contributed by atoms with Crippen molar-refractivity contribution in [2.75, 3.05) is 6.61 Å². The minimum absolute atomic E-state index is 0.220. The average molecular weight is 350 g/mol. The molecule has 1 rings (SSSR count). The Balaban J connectivity index is 2.76. The molecule has 0 aromatic heterocycles. The fourth-order valence-electron chi connectivity index (χ4n) is 2.32. The number of carbonyl (C=O) groups is 2. The van der Waals surface area contributed by atoms with Crippen LogP contribution in [-0.4, -0.2) is 35.4 Å². The molecule has 1 aromatic rings. The lowest BCUT2D eigenvalue weighted by Gasteiger charge is -2.25. The monoisotopic (exact) mass is 350 g/mol. The van der Waals surface area contributed by atoms with Crippen molar-refractivity contribution in [1.29, 1.82) is 0 Å². The van der Waals surface area contributed by atoms with Crippen LogP contribution >= 0.6 is 0 Å². The third-order valence-corrected chi connectivity index (χ3v) is 3.55. The highest BCUT2D eigenvalue weighted by molar-refractivity contribution is 5.86. The third-order valence-electron chi connectivity index (χ3n) is 3.55. The second kappa shape index (κ2) is 10.0. The van der Waals surface area contributed by atoms with E-state index in [-0.39, 0.29) is 12.5 Å². The van der Waals surface area contributed by atoms with Crippen LogP contribution in [0.2, 0.25) is 0 Å². The standard InChI is InChI=1S/C19H30N2O4/c1-5-6-12-15(21-18(24)25-19(2,3)4)17(23)20-16(13-22)14-10-8-7-9-11-14/h7-11,15-16,22H,5-6,12-13H2,1-4H3,(H,20,23)(H,21,24)/t15-,16-/m0/s1. The number of hydrogen-bond donors (Lipinski definition) is 3. The van der Waals surface area contributed by atoms with Gasteiger partial charge < -0.3 is 20.5 Å². The zero-order valence-corrected chi connectivity index (χ0v) is 15.5. The minimum atomic E-state index is -0.701. The van der Waals surface area contributed by atoms with Gasteiger partial charge in [0.25, 0.3) is 0 Å². The number of ether oxygens (including phenoxy) is 1. The van der Waals surface area contributed by atoms with Gasteiger partial charge in [-0.2, -0.15) is 0 Å². The topological polar surface area (TPSA) is 87.7 Å². The summed E-state index contributed by atoms with van der Waals surface area (Å²) in [5, 5.41) is 15.0. The Morgan fingerprint density at radius 1 is 1.16 bits per heavy atom. The first-order valence-corrected chi connectivity index (χ1v) is 8.72. The number of aliphatic hydroxyl groups excluding tert-OH is 1. The van der Waals surface area contributed by atoms with Crippen molar-refractivity contribution in [1.82, 2.24) is 10.6 Å². The lowest BCUT2D eigenvalue weighted by atomic mass is 10.1. The van der Waals surface area contributed by atoms with E-state index in [2.05, 4.69) is 10.6 Å². The Kier molecular flexibility index (Phi) is 8.41. The number of nitrogens with one attached hydrogen (secondary N) is 2. The van der Waals surface area contributed by atoms with Crippen LogP contribution in [-0.2, 0) is 9.53 Å². The SMILES string of the molecule is CCCC[C@H](NC(=O)OC(C)(C)C)C(=O)N[C@@H](CO)c1ccccc1. The van der Waals surface area contributed by atoms with E-state index in [9.17, 15) is 14.7 Å². The highest BCUT2D eigenvalue weighted by Crippen LogP contribution is 2.13. The molecule has 0 aliphatic carbocycles. The number of amides is 2. The summed E-state index contributed by atoms with van der Waals surface area (Å²) in [5.41, 5.74) is 0.179. The summed E-state index contributed by atoms with van der Waals surface area (Å²) >= 11 is 0. The molecule has 0 unspecified atom stereocenters. The lowest BCUT2D eigenvalue weighted by Crippen LogP contribution is -2.49. The molecule has 0 aliphatic heterocycles. The van der Waals surface area contributed by atoms with Crippen molar-refractivity contribution in [3.63, 3.8) is 0 Å². The van der Waals surface area contributed by atoms with E-state index < -0.39 is 23.8 Å². The van der Waals surface area contributed by atoms with Gasteiger partial charge in [-0.1, -0.05) is 50.1 Å². The molecule has 3 N–H and O–H groups in total. The third kappa shape index (κ3) is 8.03. The summed E-state index contributed by atoms with van der Waals surface area (Å²) < 4.78 is 5.23. The number of hydrogen-bond acceptors (Lipinski definition) is 4. The van der Waals surface area contributed by atoms with Crippen LogP contribution in [0, 0.1) is 0 Å². The maximum Gasteiger partial charge on any atom is 0.408 e. The molecule has 6 nitrogen and oxygen atoms in total. The molecule has 0 aliphatic rings. The molecule has 0 bridgehead atoms. The van der Waals surface area contributed by atoms with Crippen molar-refractivity contribution < 1.29 is 19.4 Å². The molecule has 0 saturated carbocycles. The van der Waals surface area contributed by atoms with Crippen molar-refractivity contribution >= 4 is 12.0 Å². The second-order valence-corrected chi connectivity index (χ2v) is 7.00. The number of aliphatic hydroxyl groups is 1. The van der Waals surface area contributed by atoms with Crippen LogP contribution in [0.4, 0.5) is 4.79 Å². The Hall–Kier alpha value is -2.08. The predicted molar refractivity (Wildman–Crippen MR) is 97.1 cm³/mol. The molecular weight excluding hydrogens is 320 g/mol. The number of alkyl carbamates (subject to hydrolysis) is 1. The summed E-state index contributed by atoms with van der Waals surface area (Å²) in [6.45, 7) is 7.10. The molecule has 0 fully saturated rings. The molecular formula is C19H30N2O4. The van der Waals surface area contributed by atoms with Gasteiger partial charge in [0.2, 0.25) is 5.91 Å². The molecule has 0 saturated heterocycles. The van der Waals surface area contributed by atoms with Crippen LogP contribution in [0.15, 0.2) is 30.3 Å². The normalized spacial score (nSPS) is 13.6. The van der Waals surface area contributed by atoms with E-state index in [0.717, 1.165) is 18.4 Å². The summed E-state index contributed by atoms with van der Waals surface area (Å²) in [4.78, 5) is 24.6. The Morgan fingerprint density at radius 3 is 2.32 bits per heavy atom. The summed E-state index contributed by atoms with van der Waals surface area (Å²) in [5.74, 6) is -0.331. The smallest absolute Gasteiger partial charge is 0.408 e. The molecule has 140 valence electrons. The fourth-order valence-corrected chi connectivity index (χ4v) is 2.32. The molecule has 2 amide bonds. The van der Waals surface area contributed by atoms with Gasteiger partial charge in [-0.15, -0.1) is 0 Å². The van der Waals surface area contributed by atoms with Gasteiger partial charge in [0, 0.05) is 0 Å². The van der Waals surface area contributed by atoms with Gasteiger partial charge in [-0.3, -0.25) is 4.79 Å². The van der Waals surface area contributed by atoms with Gasteiger partial charge in [0.1, 0.15) is 11.6 Å². The van der Waals surface area contributed by atoms with Gasteiger partial charge in [-0.25, -0.2) is 4.79 Å². The zero-order valence-electron chi connectivity index (χ0n) is 15.5. The maximum absolute atomic E-state index is 12.6. The summed E-state index contributed by atoms with van der Waals surface area (Å²) in [6.07, 6.45) is 1.59. The van der Waals surface area contributed by atoms with E-state index >= 15 is 0 Å². The minimum Gasteiger partial charge on any atom is -0.444 e. The van der Waals surface area contributed by atoms with Gasteiger partial charge in [0.05, 0.1) is 12.6 Å². The number of carbonyl (C=O) groups excluding carboxylic acids is 2. The largest absolute Gasteiger partial charge is 0.444 e. The van der Waals surface area contributed by atoms with Crippen molar-refractivity contribution in [3.8, 4) is 0 Å². The Bertz CT molecular complexity index is 540. The van der Waals surface area contributed by atoms with E-state index in [0.29, 0.717) is 6.42 Å². The Morgan fingerprint density at radius 2 is 1.80 bits per heavy atom. The Labute approximate surface area is 150 Å². The van der Waals surface area contributed by atoms with E-state index in [1.54, 1.807) is 20.8 Å².